The van der Waals surface area contributed by atoms with Gasteiger partial charge in [-0.3, -0.25) is 0 Å². The molecule has 0 aliphatic carbocycles. The maximum absolute atomic E-state index is 11.4. The fraction of sp³-hybridized carbons (Fsp3) is 0.263. The summed E-state index contributed by atoms with van der Waals surface area (Å²) in [6, 6.07) is 10.7. The smallest absolute Gasteiger partial charge is 0.185 e. The Morgan fingerprint density at radius 1 is 1.07 bits per heavy atom. The van der Waals surface area contributed by atoms with E-state index in [1.54, 1.807) is 12.1 Å². The number of para-hydroxylation sites is 2. The molecule has 0 atom stereocenters. The average molecular weight is 418 g/mol. The number of nitrogens with zero attached hydrogens (tertiary/aromatic N) is 2. The van der Waals surface area contributed by atoms with Gasteiger partial charge in [-0.2, -0.15) is 0 Å². The molecule has 0 aliphatic rings. The normalized spacial score (nSPS) is 11.3. The molecule has 0 unspecified atom stereocenters. The summed E-state index contributed by atoms with van der Waals surface area (Å²) >= 11 is 0. The van der Waals surface area contributed by atoms with Gasteiger partial charge in [-0.1, -0.05) is 12.1 Å². The number of nitrogen functional groups attached to an aromatic ring is 1. The molecule has 0 radical (unpaired) electrons. The van der Waals surface area contributed by atoms with Crippen molar-refractivity contribution in [2.24, 2.45) is 0 Å². The molecule has 9 nitrogen and oxygen atoms in total. The van der Waals surface area contributed by atoms with E-state index in [1.807, 2.05) is 24.3 Å². The van der Waals surface area contributed by atoms with Crippen LogP contribution in [0.15, 0.2) is 36.4 Å². The zero-order valence-electron chi connectivity index (χ0n) is 16.3. The van der Waals surface area contributed by atoms with Crippen LogP contribution >= 0.6 is 0 Å². The Labute approximate surface area is 168 Å². The first-order valence-corrected chi connectivity index (χ1v) is 10.7. The van der Waals surface area contributed by atoms with Gasteiger partial charge >= 0.3 is 0 Å². The Morgan fingerprint density at radius 2 is 1.76 bits per heavy atom. The number of sulfone groups is 1. The second kappa shape index (κ2) is 8.39. The number of nitrogens with two attached hydrogens (primary N) is 1. The first kappa shape index (κ1) is 20.5. The molecule has 0 spiro atoms. The third kappa shape index (κ3) is 4.96. The van der Waals surface area contributed by atoms with Gasteiger partial charge in [-0.05, 0) is 12.1 Å². The van der Waals surface area contributed by atoms with E-state index in [2.05, 4.69) is 15.3 Å². The number of benzene rings is 2. The van der Waals surface area contributed by atoms with Crippen molar-refractivity contribution in [1.82, 2.24) is 9.97 Å². The van der Waals surface area contributed by atoms with Crippen LogP contribution in [0.5, 0.6) is 17.2 Å². The van der Waals surface area contributed by atoms with E-state index < -0.39 is 9.84 Å². The van der Waals surface area contributed by atoms with Gasteiger partial charge in [0.05, 0.1) is 36.7 Å². The highest BCUT2D eigenvalue weighted by Gasteiger charge is 2.17. The largest absolute Gasteiger partial charge is 0.497 e. The third-order valence-corrected chi connectivity index (χ3v) is 4.94. The minimum Gasteiger partial charge on any atom is -0.497 e. The van der Waals surface area contributed by atoms with Crippen molar-refractivity contribution in [3.63, 3.8) is 0 Å². The average Bonchev–Trinajstić information content (AvgIpc) is 2.68. The summed E-state index contributed by atoms with van der Waals surface area (Å²) in [5, 5.41) is 3.10. The molecule has 0 amide bonds. The lowest BCUT2D eigenvalue weighted by molar-refractivity contribution is 0.311. The van der Waals surface area contributed by atoms with Crippen LogP contribution in [0.3, 0.4) is 0 Å². The number of fused-ring (bicyclic) bond motifs is 1. The first-order chi connectivity index (χ1) is 13.8. The van der Waals surface area contributed by atoms with Crippen molar-refractivity contribution in [3.05, 3.63) is 36.4 Å². The van der Waals surface area contributed by atoms with Gasteiger partial charge in [0.15, 0.2) is 33.0 Å². The van der Waals surface area contributed by atoms with Gasteiger partial charge in [0, 0.05) is 18.4 Å². The van der Waals surface area contributed by atoms with Gasteiger partial charge in [-0.25, -0.2) is 18.4 Å². The lowest BCUT2D eigenvalue weighted by atomic mass is 10.2. The number of nitrogens with one attached hydrogen (secondary N) is 1. The molecule has 29 heavy (non-hydrogen) atoms. The van der Waals surface area contributed by atoms with Crippen LogP contribution in [0.2, 0.25) is 0 Å². The lowest BCUT2D eigenvalue weighted by Gasteiger charge is -2.18. The van der Waals surface area contributed by atoms with Gasteiger partial charge in [0.25, 0.3) is 0 Å². The second-order valence-corrected chi connectivity index (χ2v) is 8.52. The van der Waals surface area contributed by atoms with Crippen LogP contribution in [-0.4, -0.2) is 51.2 Å². The molecule has 2 aromatic carbocycles. The van der Waals surface area contributed by atoms with Crippen LogP contribution in [0.1, 0.15) is 0 Å². The first-order valence-electron chi connectivity index (χ1n) is 8.66. The van der Waals surface area contributed by atoms with Gasteiger partial charge in [0.2, 0.25) is 0 Å². The Morgan fingerprint density at radius 3 is 2.38 bits per heavy atom. The van der Waals surface area contributed by atoms with Crippen LogP contribution in [0.4, 0.5) is 17.3 Å². The fourth-order valence-electron chi connectivity index (χ4n) is 2.62. The Bertz CT molecular complexity index is 1130. The Kier molecular flexibility index (Phi) is 5.92. The quantitative estimate of drug-likeness (QED) is 0.567. The molecule has 0 aliphatic heterocycles. The summed E-state index contributed by atoms with van der Waals surface area (Å²) in [4.78, 5) is 8.86. The minimum absolute atomic E-state index is 0.0465. The maximum Gasteiger partial charge on any atom is 0.185 e. The maximum atomic E-state index is 11.4. The van der Waals surface area contributed by atoms with Gasteiger partial charge < -0.3 is 25.3 Å². The van der Waals surface area contributed by atoms with E-state index >= 15 is 0 Å². The third-order valence-electron chi connectivity index (χ3n) is 4.04. The molecule has 0 saturated carbocycles. The molecule has 10 heteroatoms. The van der Waals surface area contributed by atoms with E-state index in [1.165, 1.54) is 14.2 Å². The molecular formula is C19H22N4O5S. The minimum atomic E-state index is -3.18. The number of ether oxygens (including phenoxy) is 3. The van der Waals surface area contributed by atoms with Crippen molar-refractivity contribution in [2.45, 2.75) is 0 Å². The number of hydrogen-bond donors (Lipinski definition) is 2. The van der Waals surface area contributed by atoms with Crippen molar-refractivity contribution < 1.29 is 22.6 Å². The molecule has 1 heterocycles. The molecule has 1 aromatic heterocycles. The second-order valence-electron chi connectivity index (χ2n) is 6.26. The fourth-order valence-corrected chi connectivity index (χ4v) is 3.00. The van der Waals surface area contributed by atoms with Crippen molar-refractivity contribution in [1.29, 1.82) is 0 Å². The highest BCUT2D eigenvalue weighted by molar-refractivity contribution is 7.90. The summed E-state index contributed by atoms with van der Waals surface area (Å²) in [6.45, 7) is -0.0465. The van der Waals surface area contributed by atoms with Crippen LogP contribution < -0.4 is 25.3 Å². The standard InChI is InChI=1S/C19H22N4O5S/c1-26-12-10-15(17(16(11-12)27-2)28-8-9-29(3,24)25)23-19-18(20)21-13-6-4-5-7-14(13)22-19/h4-7,10-11H,8-9H2,1-3H3,(H2,20,21)(H,22,23). The molecule has 154 valence electrons. The number of rotatable bonds is 8. The van der Waals surface area contributed by atoms with E-state index in [0.717, 1.165) is 6.26 Å². The Hall–Kier alpha value is -3.27. The highest BCUT2D eigenvalue weighted by atomic mass is 32.2. The summed E-state index contributed by atoms with van der Waals surface area (Å²) < 4.78 is 39.3. The van der Waals surface area contributed by atoms with Gasteiger partial charge in [0.1, 0.15) is 12.4 Å². The molecule has 3 aromatic rings. The number of aromatic nitrogens is 2. The molecule has 0 fully saturated rings. The lowest BCUT2D eigenvalue weighted by Crippen LogP contribution is -2.13. The number of anilines is 3. The van der Waals surface area contributed by atoms with E-state index in [9.17, 15) is 8.42 Å². The van der Waals surface area contributed by atoms with E-state index in [4.69, 9.17) is 19.9 Å². The summed E-state index contributed by atoms with van der Waals surface area (Å²) in [7, 11) is -0.184. The monoisotopic (exact) mass is 418 g/mol. The van der Waals surface area contributed by atoms with Crippen LogP contribution in [0.25, 0.3) is 11.0 Å². The van der Waals surface area contributed by atoms with Crippen molar-refractivity contribution >= 4 is 38.2 Å². The Balaban J connectivity index is 2.01. The molecular weight excluding hydrogens is 396 g/mol. The summed E-state index contributed by atoms with van der Waals surface area (Å²) in [5.74, 6) is 1.57. The SMILES string of the molecule is COc1cc(Nc2nc3ccccc3nc2N)c(OCCS(C)(=O)=O)c(OC)c1. The molecule has 0 saturated heterocycles. The van der Waals surface area contributed by atoms with Crippen LogP contribution in [-0.2, 0) is 9.84 Å². The number of methoxy groups -OCH3 is 2. The van der Waals surface area contributed by atoms with E-state index in [-0.39, 0.29) is 18.2 Å². The zero-order valence-corrected chi connectivity index (χ0v) is 17.1. The predicted molar refractivity (Wildman–Crippen MR) is 112 cm³/mol. The number of hydrogen-bond acceptors (Lipinski definition) is 9. The van der Waals surface area contributed by atoms with Crippen LogP contribution in [0, 0.1) is 0 Å². The predicted octanol–water partition coefficient (Wildman–Crippen LogP) is 2.40. The highest BCUT2D eigenvalue weighted by Crippen LogP contribution is 2.41. The van der Waals surface area contributed by atoms with E-state index in [0.29, 0.717) is 39.8 Å². The zero-order chi connectivity index (χ0) is 21.0. The molecule has 0 bridgehead atoms. The summed E-state index contributed by atoms with van der Waals surface area (Å²) in [6.07, 6.45) is 1.14. The molecule has 3 rings (SSSR count). The molecule has 3 N–H and O–H groups in total. The van der Waals surface area contributed by atoms with Crippen molar-refractivity contribution in [3.8, 4) is 17.2 Å². The summed E-state index contributed by atoms with van der Waals surface area (Å²) in [5.41, 5.74) is 7.85. The van der Waals surface area contributed by atoms with Gasteiger partial charge in [-0.15, -0.1) is 0 Å². The topological polar surface area (TPSA) is 126 Å². The van der Waals surface area contributed by atoms with Crippen molar-refractivity contribution in [2.75, 3.05) is 43.9 Å².